The van der Waals surface area contributed by atoms with Crippen molar-refractivity contribution in [2.75, 3.05) is 13.1 Å². The highest BCUT2D eigenvalue weighted by molar-refractivity contribution is 6.31. The SMILES string of the molecule is O=C(c1c2c(nc3ccc(Cl)cc13)CCC2)N1CCC(c2nc3ccccc3[nH]2)CC1. The maximum atomic E-state index is 13.7. The molecule has 1 saturated heterocycles. The van der Waals surface area contributed by atoms with Gasteiger partial charge in [0.2, 0.25) is 0 Å². The number of hydrogen-bond acceptors (Lipinski definition) is 3. The van der Waals surface area contributed by atoms with Gasteiger partial charge in [0.1, 0.15) is 5.82 Å². The van der Waals surface area contributed by atoms with E-state index in [0.29, 0.717) is 10.9 Å². The summed E-state index contributed by atoms with van der Waals surface area (Å²) in [6.07, 6.45) is 4.75. The molecule has 2 aromatic heterocycles. The molecular weight excluding hydrogens is 408 g/mol. The molecule has 1 amide bonds. The second-order valence-corrected chi connectivity index (χ2v) is 9.07. The quantitative estimate of drug-likeness (QED) is 0.471. The molecule has 1 aliphatic carbocycles. The molecule has 31 heavy (non-hydrogen) atoms. The third-order valence-electron chi connectivity index (χ3n) is 6.76. The summed E-state index contributed by atoms with van der Waals surface area (Å²) in [5.74, 6) is 1.51. The number of nitrogens with zero attached hydrogens (tertiary/aromatic N) is 3. The number of benzene rings is 2. The van der Waals surface area contributed by atoms with Gasteiger partial charge in [0.05, 0.1) is 22.1 Å². The predicted molar refractivity (Wildman–Crippen MR) is 123 cm³/mol. The third kappa shape index (κ3) is 3.19. The Morgan fingerprint density at radius 3 is 2.71 bits per heavy atom. The molecule has 1 aliphatic heterocycles. The lowest BCUT2D eigenvalue weighted by Gasteiger charge is -2.32. The van der Waals surface area contributed by atoms with Crippen molar-refractivity contribution in [3.8, 4) is 0 Å². The summed E-state index contributed by atoms with van der Waals surface area (Å²) in [7, 11) is 0. The van der Waals surface area contributed by atoms with Gasteiger partial charge < -0.3 is 9.88 Å². The van der Waals surface area contributed by atoms with Crippen LogP contribution in [0.4, 0.5) is 0 Å². The van der Waals surface area contributed by atoms with Gasteiger partial charge in [-0.1, -0.05) is 23.7 Å². The van der Waals surface area contributed by atoms with Crippen LogP contribution in [0.1, 0.15) is 52.6 Å². The fraction of sp³-hybridized carbons (Fsp3) is 0.320. The average Bonchev–Trinajstić information content (AvgIpc) is 3.44. The van der Waals surface area contributed by atoms with Gasteiger partial charge in [-0.25, -0.2) is 4.98 Å². The van der Waals surface area contributed by atoms with E-state index in [1.54, 1.807) is 0 Å². The molecule has 0 atom stereocenters. The Kier molecular flexibility index (Phi) is 4.46. The Balaban J connectivity index is 1.29. The van der Waals surface area contributed by atoms with Crippen LogP contribution in [0.25, 0.3) is 21.9 Å². The Morgan fingerprint density at radius 2 is 1.87 bits per heavy atom. The van der Waals surface area contributed by atoms with E-state index in [9.17, 15) is 4.79 Å². The number of fused-ring (bicyclic) bond motifs is 3. The van der Waals surface area contributed by atoms with Crippen LogP contribution in [0, 0.1) is 0 Å². The van der Waals surface area contributed by atoms with Gasteiger partial charge in [0.25, 0.3) is 5.91 Å². The lowest BCUT2D eigenvalue weighted by molar-refractivity contribution is 0.0712. The van der Waals surface area contributed by atoms with Crippen molar-refractivity contribution in [3.63, 3.8) is 0 Å². The number of aromatic amines is 1. The molecule has 6 rings (SSSR count). The molecule has 4 aromatic rings. The minimum atomic E-state index is 0.121. The number of para-hydroxylation sites is 2. The lowest BCUT2D eigenvalue weighted by atomic mass is 9.94. The minimum absolute atomic E-state index is 0.121. The number of likely N-dealkylation sites (tertiary alicyclic amines) is 1. The number of halogens is 1. The number of piperidine rings is 1. The number of nitrogens with one attached hydrogen (secondary N) is 1. The first-order chi connectivity index (χ1) is 15.2. The molecule has 1 fully saturated rings. The van der Waals surface area contributed by atoms with Crippen molar-refractivity contribution in [1.82, 2.24) is 19.9 Å². The van der Waals surface area contributed by atoms with Crippen molar-refractivity contribution in [2.24, 2.45) is 0 Å². The Labute approximate surface area is 185 Å². The van der Waals surface area contributed by atoms with Crippen molar-refractivity contribution < 1.29 is 4.79 Å². The summed E-state index contributed by atoms with van der Waals surface area (Å²) >= 11 is 6.29. The topological polar surface area (TPSA) is 61.9 Å². The predicted octanol–water partition coefficient (Wildman–Crippen LogP) is 5.27. The summed E-state index contributed by atoms with van der Waals surface area (Å²) in [5, 5.41) is 1.53. The number of pyridine rings is 1. The maximum Gasteiger partial charge on any atom is 0.254 e. The first-order valence-electron chi connectivity index (χ1n) is 11.0. The van der Waals surface area contributed by atoms with Crippen LogP contribution < -0.4 is 0 Å². The fourth-order valence-corrected chi connectivity index (χ4v) is 5.33. The number of carbonyl (C=O) groups is 1. The molecule has 6 heteroatoms. The number of H-pyrrole nitrogens is 1. The standard InChI is InChI=1S/C25H23ClN4O/c26-16-8-9-20-18(14-16)23(17-4-3-7-19(17)27-20)25(31)30-12-10-15(11-13-30)24-28-21-5-1-2-6-22(21)29-24/h1-2,5-6,8-9,14-15H,3-4,7,10-13H2,(H,28,29). The third-order valence-corrected chi connectivity index (χ3v) is 7.00. The van der Waals surface area contributed by atoms with E-state index in [0.717, 1.165) is 89.8 Å². The number of aryl methyl sites for hydroxylation is 1. The summed E-state index contributed by atoms with van der Waals surface area (Å²) in [6.45, 7) is 1.47. The number of rotatable bonds is 2. The molecule has 0 radical (unpaired) electrons. The lowest BCUT2D eigenvalue weighted by Crippen LogP contribution is -2.38. The molecule has 1 N–H and O–H groups in total. The monoisotopic (exact) mass is 430 g/mol. The van der Waals surface area contributed by atoms with Gasteiger partial charge in [0, 0.05) is 35.1 Å². The fourth-order valence-electron chi connectivity index (χ4n) is 5.16. The van der Waals surface area contributed by atoms with E-state index >= 15 is 0 Å². The van der Waals surface area contributed by atoms with Crippen LogP contribution in [0.3, 0.4) is 0 Å². The molecular formula is C25H23ClN4O. The second kappa shape index (κ2) is 7.34. The summed E-state index contributed by atoms with van der Waals surface area (Å²) in [5.41, 5.74) is 5.97. The minimum Gasteiger partial charge on any atom is -0.342 e. The Hall–Kier alpha value is -2.92. The molecule has 156 valence electrons. The largest absolute Gasteiger partial charge is 0.342 e. The summed E-state index contributed by atoms with van der Waals surface area (Å²) in [4.78, 5) is 28.8. The number of imidazole rings is 1. The van der Waals surface area contributed by atoms with Crippen LogP contribution in [0.15, 0.2) is 42.5 Å². The van der Waals surface area contributed by atoms with Crippen molar-refractivity contribution in [2.45, 2.75) is 38.0 Å². The van der Waals surface area contributed by atoms with Gasteiger partial charge in [-0.15, -0.1) is 0 Å². The van der Waals surface area contributed by atoms with Gasteiger partial charge in [-0.3, -0.25) is 9.78 Å². The van der Waals surface area contributed by atoms with E-state index in [2.05, 4.69) is 11.1 Å². The average molecular weight is 431 g/mol. The number of amides is 1. The van der Waals surface area contributed by atoms with Crippen LogP contribution in [0.2, 0.25) is 5.02 Å². The van der Waals surface area contributed by atoms with Crippen LogP contribution in [-0.4, -0.2) is 38.8 Å². The molecule has 5 nitrogen and oxygen atoms in total. The highest BCUT2D eigenvalue weighted by atomic mass is 35.5. The van der Waals surface area contributed by atoms with Gasteiger partial charge in [0.15, 0.2) is 0 Å². The number of carbonyl (C=O) groups excluding carboxylic acids is 1. The maximum absolute atomic E-state index is 13.7. The van der Waals surface area contributed by atoms with E-state index in [4.69, 9.17) is 21.6 Å². The van der Waals surface area contributed by atoms with Crippen molar-refractivity contribution in [1.29, 1.82) is 0 Å². The number of aromatic nitrogens is 3. The van der Waals surface area contributed by atoms with E-state index in [1.165, 1.54) is 0 Å². The Morgan fingerprint density at radius 1 is 1.03 bits per heavy atom. The van der Waals surface area contributed by atoms with E-state index < -0.39 is 0 Å². The van der Waals surface area contributed by atoms with Gasteiger partial charge >= 0.3 is 0 Å². The normalized spacial score (nSPS) is 16.9. The second-order valence-electron chi connectivity index (χ2n) is 8.63. The molecule has 0 saturated carbocycles. The molecule has 2 aliphatic rings. The molecule has 2 aromatic carbocycles. The highest BCUT2D eigenvalue weighted by Gasteiger charge is 2.30. The molecule has 0 bridgehead atoms. The Bertz CT molecular complexity index is 1290. The van der Waals surface area contributed by atoms with Crippen molar-refractivity contribution >= 4 is 39.4 Å². The molecule has 0 spiro atoms. The van der Waals surface area contributed by atoms with Crippen LogP contribution in [-0.2, 0) is 12.8 Å². The van der Waals surface area contributed by atoms with Crippen LogP contribution >= 0.6 is 11.6 Å². The summed E-state index contributed by atoms with van der Waals surface area (Å²) in [6, 6.07) is 13.8. The first kappa shape index (κ1) is 18.8. The zero-order valence-electron chi connectivity index (χ0n) is 17.2. The van der Waals surface area contributed by atoms with E-state index in [1.807, 2.05) is 41.3 Å². The zero-order valence-corrected chi connectivity index (χ0v) is 18.0. The first-order valence-corrected chi connectivity index (χ1v) is 11.4. The zero-order chi connectivity index (χ0) is 20.9. The molecule has 0 unspecified atom stereocenters. The smallest absolute Gasteiger partial charge is 0.254 e. The molecule has 3 heterocycles. The van der Waals surface area contributed by atoms with Gasteiger partial charge in [-0.05, 0) is 68.0 Å². The van der Waals surface area contributed by atoms with Crippen molar-refractivity contribution in [3.05, 3.63) is 70.1 Å². The summed E-state index contributed by atoms with van der Waals surface area (Å²) < 4.78 is 0. The highest BCUT2D eigenvalue weighted by Crippen LogP contribution is 2.34. The van der Waals surface area contributed by atoms with Crippen LogP contribution in [0.5, 0.6) is 0 Å². The van der Waals surface area contributed by atoms with E-state index in [-0.39, 0.29) is 5.91 Å². The van der Waals surface area contributed by atoms with Gasteiger partial charge in [-0.2, -0.15) is 0 Å². The number of hydrogen-bond donors (Lipinski definition) is 1.